The molecule has 26 heavy (non-hydrogen) atoms. The van der Waals surface area contributed by atoms with Crippen LogP contribution in [0.2, 0.25) is 0 Å². The highest BCUT2D eigenvalue weighted by Crippen LogP contribution is 2.31. The highest BCUT2D eigenvalue weighted by Gasteiger charge is 2.26. The number of para-hydroxylation sites is 1. The van der Waals surface area contributed by atoms with Crippen LogP contribution in [0.1, 0.15) is 29.5 Å². The van der Waals surface area contributed by atoms with Crippen molar-refractivity contribution in [3.63, 3.8) is 0 Å². The summed E-state index contributed by atoms with van der Waals surface area (Å²) in [7, 11) is 0. The monoisotopic (exact) mass is 369 g/mol. The Kier molecular flexibility index (Phi) is 5.32. The molecule has 136 valence electrons. The molecule has 4 rings (SSSR count). The molecule has 6 heteroatoms. The van der Waals surface area contributed by atoms with Crippen LogP contribution in [-0.4, -0.2) is 41.3 Å². The molecule has 1 fully saturated rings. The molecule has 1 unspecified atom stereocenters. The van der Waals surface area contributed by atoms with E-state index in [4.69, 9.17) is 9.15 Å². The molecule has 0 radical (unpaired) electrons. The molecule has 0 bridgehead atoms. The van der Waals surface area contributed by atoms with E-state index in [9.17, 15) is 0 Å². The van der Waals surface area contributed by atoms with Crippen LogP contribution in [0.5, 0.6) is 5.75 Å². The summed E-state index contributed by atoms with van der Waals surface area (Å²) in [6.07, 6.45) is 2.24. The average Bonchev–Trinajstić information content (AvgIpc) is 3.32. The molecule has 5 nitrogen and oxygen atoms in total. The second kappa shape index (κ2) is 8.01. The summed E-state index contributed by atoms with van der Waals surface area (Å²) in [5.74, 6) is 2.64. The van der Waals surface area contributed by atoms with E-state index in [-0.39, 0.29) is 0 Å². The third kappa shape index (κ3) is 4.14. The van der Waals surface area contributed by atoms with Crippen LogP contribution in [0.4, 0.5) is 0 Å². The molecule has 3 heterocycles. The average molecular weight is 369 g/mol. The SMILES string of the molecule is Cc1ccc(-c2nnc(C3CCCN(CCOc4ccccc4)C3)o2)s1. The van der Waals surface area contributed by atoms with E-state index in [1.165, 1.54) is 4.88 Å². The van der Waals surface area contributed by atoms with Crippen LogP contribution in [0.15, 0.2) is 46.9 Å². The third-order valence-corrected chi connectivity index (χ3v) is 5.65. The molecular weight excluding hydrogens is 346 g/mol. The second-order valence-electron chi connectivity index (χ2n) is 6.66. The highest BCUT2D eigenvalue weighted by molar-refractivity contribution is 7.15. The minimum atomic E-state index is 0.308. The van der Waals surface area contributed by atoms with Crippen molar-refractivity contribution in [2.75, 3.05) is 26.2 Å². The smallest absolute Gasteiger partial charge is 0.257 e. The molecule has 0 N–H and O–H groups in total. The van der Waals surface area contributed by atoms with Crippen molar-refractivity contribution in [3.8, 4) is 16.5 Å². The van der Waals surface area contributed by atoms with Gasteiger partial charge in [0, 0.05) is 18.0 Å². The number of hydrogen-bond acceptors (Lipinski definition) is 6. The van der Waals surface area contributed by atoms with Crippen molar-refractivity contribution in [2.45, 2.75) is 25.7 Å². The predicted octanol–water partition coefficient (Wildman–Crippen LogP) is 4.36. The lowest BCUT2D eigenvalue weighted by atomic mass is 9.98. The molecule has 1 saturated heterocycles. The lowest BCUT2D eigenvalue weighted by molar-refractivity contribution is 0.161. The van der Waals surface area contributed by atoms with Crippen molar-refractivity contribution in [1.82, 2.24) is 15.1 Å². The Hall–Kier alpha value is -2.18. The Labute approximate surface area is 157 Å². The van der Waals surface area contributed by atoms with Gasteiger partial charge in [0.25, 0.3) is 5.89 Å². The maximum absolute atomic E-state index is 5.97. The van der Waals surface area contributed by atoms with Crippen molar-refractivity contribution < 1.29 is 9.15 Å². The molecule has 0 saturated carbocycles. The van der Waals surface area contributed by atoms with Gasteiger partial charge in [-0.2, -0.15) is 0 Å². The van der Waals surface area contributed by atoms with Gasteiger partial charge in [0.05, 0.1) is 10.8 Å². The lowest BCUT2D eigenvalue weighted by Crippen LogP contribution is -2.37. The minimum absolute atomic E-state index is 0.308. The third-order valence-electron chi connectivity index (χ3n) is 4.67. The fourth-order valence-electron chi connectivity index (χ4n) is 3.32. The number of rotatable bonds is 6. The van der Waals surface area contributed by atoms with Gasteiger partial charge in [-0.25, -0.2) is 0 Å². The zero-order valence-corrected chi connectivity index (χ0v) is 15.7. The van der Waals surface area contributed by atoms with E-state index in [2.05, 4.69) is 28.1 Å². The van der Waals surface area contributed by atoms with Crippen molar-refractivity contribution >= 4 is 11.3 Å². The van der Waals surface area contributed by atoms with Gasteiger partial charge in [0.1, 0.15) is 12.4 Å². The molecule has 1 aliphatic rings. The van der Waals surface area contributed by atoms with Gasteiger partial charge >= 0.3 is 0 Å². The standard InChI is InChI=1S/C20H23N3O2S/c1-15-9-10-18(26-15)20-22-21-19(25-20)16-6-5-11-23(14-16)12-13-24-17-7-3-2-4-8-17/h2-4,7-10,16H,5-6,11-14H2,1H3. The van der Waals surface area contributed by atoms with Crippen LogP contribution >= 0.6 is 11.3 Å². The zero-order valence-electron chi connectivity index (χ0n) is 14.9. The van der Waals surface area contributed by atoms with Crippen LogP contribution in [0.25, 0.3) is 10.8 Å². The fraction of sp³-hybridized carbons (Fsp3) is 0.400. The minimum Gasteiger partial charge on any atom is -0.492 e. The first kappa shape index (κ1) is 17.2. The van der Waals surface area contributed by atoms with Crippen molar-refractivity contribution in [1.29, 1.82) is 0 Å². The Morgan fingerprint density at radius 1 is 1.19 bits per heavy atom. The maximum Gasteiger partial charge on any atom is 0.257 e. The van der Waals surface area contributed by atoms with Crippen molar-refractivity contribution in [3.05, 3.63) is 53.2 Å². The Morgan fingerprint density at radius 2 is 2.08 bits per heavy atom. The highest BCUT2D eigenvalue weighted by atomic mass is 32.1. The van der Waals surface area contributed by atoms with E-state index in [1.54, 1.807) is 11.3 Å². The van der Waals surface area contributed by atoms with E-state index < -0.39 is 0 Å². The van der Waals surface area contributed by atoms with Gasteiger partial charge in [-0.3, -0.25) is 4.90 Å². The molecule has 1 aliphatic heterocycles. The molecule has 1 aromatic carbocycles. The van der Waals surface area contributed by atoms with Crippen LogP contribution in [0.3, 0.4) is 0 Å². The largest absolute Gasteiger partial charge is 0.492 e. The number of nitrogens with zero attached hydrogens (tertiary/aromatic N) is 3. The number of likely N-dealkylation sites (tertiary alicyclic amines) is 1. The number of aryl methyl sites for hydroxylation is 1. The lowest BCUT2D eigenvalue weighted by Gasteiger charge is -2.30. The molecule has 3 aromatic rings. The van der Waals surface area contributed by atoms with Crippen LogP contribution < -0.4 is 4.74 Å². The molecule has 0 amide bonds. The van der Waals surface area contributed by atoms with E-state index >= 15 is 0 Å². The van der Waals surface area contributed by atoms with Crippen molar-refractivity contribution in [2.24, 2.45) is 0 Å². The molecule has 0 aliphatic carbocycles. The van der Waals surface area contributed by atoms with Gasteiger partial charge in [-0.1, -0.05) is 18.2 Å². The van der Waals surface area contributed by atoms with Crippen LogP contribution in [-0.2, 0) is 0 Å². The quantitative estimate of drug-likeness (QED) is 0.646. The predicted molar refractivity (Wildman–Crippen MR) is 103 cm³/mol. The number of piperidine rings is 1. The van der Waals surface area contributed by atoms with Gasteiger partial charge in [-0.05, 0) is 50.6 Å². The summed E-state index contributed by atoms with van der Waals surface area (Å²) < 4.78 is 11.8. The first-order valence-electron chi connectivity index (χ1n) is 9.08. The maximum atomic E-state index is 5.97. The number of ether oxygens (including phenoxy) is 1. The molecule has 1 atom stereocenters. The summed E-state index contributed by atoms with van der Waals surface area (Å²) in [6.45, 7) is 5.74. The van der Waals surface area contributed by atoms with Crippen LogP contribution in [0, 0.1) is 6.92 Å². The summed E-state index contributed by atoms with van der Waals surface area (Å²) >= 11 is 1.69. The number of hydrogen-bond donors (Lipinski definition) is 0. The van der Waals surface area contributed by atoms with Gasteiger partial charge in [-0.15, -0.1) is 21.5 Å². The fourth-order valence-corrected chi connectivity index (χ4v) is 4.11. The zero-order chi connectivity index (χ0) is 17.8. The summed E-state index contributed by atoms with van der Waals surface area (Å²) in [5.41, 5.74) is 0. The number of benzene rings is 1. The molecular formula is C20H23N3O2S. The topological polar surface area (TPSA) is 51.4 Å². The van der Waals surface area contributed by atoms with Gasteiger partial charge < -0.3 is 9.15 Å². The first-order valence-corrected chi connectivity index (χ1v) is 9.90. The first-order chi connectivity index (χ1) is 12.8. The summed E-state index contributed by atoms with van der Waals surface area (Å²) in [5, 5.41) is 8.57. The summed E-state index contributed by atoms with van der Waals surface area (Å²) in [6, 6.07) is 14.1. The number of aromatic nitrogens is 2. The Morgan fingerprint density at radius 3 is 2.88 bits per heavy atom. The molecule has 0 spiro atoms. The Balaban J connectivity index is 1.33. The van der Waals surface area contributed by atoms with E-state index in [0.29, 0.717) is 18.4 Å². The second-order valence-corrected chi connectivity index (χ2v) is 7.94. The van der Waals surface area contributed by atoms with Gasteiger partial charge in [0.2, 0.25) is 5.89 Å². The Bertz CT molecular complexity index is 830. The molecule has 2 aromatic heterocycles. The number of thiophene rings is 1. The normalized spacial score (nSPS) is 18.1. The van der Waals surface area contributed by atoms with E-state index in [0.717, 1.165) is 49.0 Å². The van der Waals surface area contributed by atoms with E-state index in [1.807, 2.05) is 36.4 Å². The summed E-state index contributed by atoms with van der Waals surface area (Å²) in [4.78, 5) is 4.73. The van der Waals surface area contributed by atoms with Gasteiger partial charge in [0.15, 0.2) is 0 Å².